The number of aliphatic hydroxyl groups is 1. The number of benzene rings is 1. The van der Waals surface area contributed by atoms with E-state index in [1.807, 2.05) is 11.5 Å². The van der Waals surface area contributed by atoms with Gasteiger partial charge in [0.05, 0.1) is 29.2 Å². The summed E-state index contributed by atoms with van der Waals surface area (Å²) < 4.78 is 7.61. The monoisotopic (exact) mass is 291 g/mol. The van der Waals surface area contributed by atoms with E-state index in [1.54, 1.807) is 19.4 Å². The topological polar surface area (TPSA) is 90.4 Å². The summed E-state index contributed by atoms with van der Waals surface area (Å²) in [6.45, 7) is 4.61. The van der Waals surface area contributed by atoms with Crippen LogP contribution in [0.15, 0.2) is 30.7 Å². The lowest BCUT2D eigenvalue weighted by Crippen LogP contribution is -2.06. The van der Waals surface area contributed by atoms with Gasteiger partial charge in [0, 0.05) is 24.2 Å². The molecule has 0 aliphatic carbocycles. The van der Waals surface area contributed by atoms with Gasteiger partial charge in [-0.1, -0.05) is 0 Å². The van der Waals surface area contributed by atoms with Crippen LogP contribution in [-0.2, 0) is 13.2 Å². The average molecular weight is 291 g/mol. The van der Waals surface area contributed by atoms with Crippen molar-refractivity contribution in [3.63, 3.8) is 0 Å². The molecule has 0 radical (unpaired) electrons. The first-order chi connectivity index (χ1) is 10.0. The summed E-state index contributed by atoms with van der Waals surface area (Å²) in [5.41, 5.74) is 1.22. The number of aryl methyl sites for hydroxylation is 1. The number of hydrogen-bond acceptors (Lipinski definition) is 5. The molecule has 2 rings (SSSR count). The summed E-state index contributed by atoms with van der Waals surface area (Å²) in [4.78, 5) is 14.3. The number of ether oxygens (including phenoxy) is 1. The predicted octanol–water partition coefficient (Wildman–Crippen LogP) is 2.44. The van der Waals surface area contributed by atoms with Gasteiger partial charge < -0.3 is 14.4 Å². The number of non-ortho nitro benzene ring substituents is 1. The molecule has 0 bridgehead atoms. The maximum absolute atomic E-state index is 10.8. The number of nitro groups is 1. The number of nitro benzene ring substituents is 1. The molecule has 1 aromatic heterocycles. The number of imidazole rings is 1. The minimum Gasteiger partial charge on any atom is -0.487 e. The Labute approximate surface area is 122 Å². The molecule has 112 valence electrons. The molecule has 0 saturated heterocycles. The molecule has 0 aliphatic rings. The Bertz CT molecular complexity index is 637. The molecule has 0 spiro atoms. The van der Waals surface area contributed by atoms with Gasteiger partial charge in [-0.25, -0.2) is 4.98 Å². The van der Waals surface area contributed by atoms with E-state index in [9.17, 15) is 15.2 Å². The van der Waals surface area contributed by atoms with Crippen LogP contribution in [0.25, 0.3) is 0 Å². The van der Waals surface area contributed by atoms with Crippen molar-refractivity contribution in [3.05, 3.63) is 52.1 Å². The van der Waals surface area contributed by atoms with E-state index in [2.05, 4.69) is 4.98 Å². The van der Waals surface area contributed by atoms with Crippen molar-refractivity contribution in [1.29, 1.82) is 0 Å². The third-order valence-electron chi connectivity index (χ3n) is 3.17. The van der Waals surface area contributed by atoms with Crippen molar-refractivity contribution in [2.45, 2.75) is 33.1 Å². The van der Waals surface area contributed by atoms with Crippen LogP contribution < -0.4 is 4.74 Å². The van der Waals surface area contributed by atoms with Crippen molar-refractivity contribution in [1.82, 2.24) is 9.55 Å². The van der Waals surface area contributed by atoms with Crippen molar-refractivity contribution in [3.8, 4) is 5.75 Å². The smallest absolute Gasteiger partial charge is 0.270 e. The Balaban J connectivity index is 2.21. The van der Waals surface area contributed by atoms with E-state index in [1.165, 1.54) is 18.2 Å². The average Bonchev–Trinajstić information content (AvgIpc) is 2.92. The summed E-state index contributed by atoms with van der Waals surface area (Å²) in [6, 6.07) is 4.20. The van der Waals surface area contributed by atoms with Crippen LogP contribution >= 0.6 is 0 Å². The van der Waals surface area contributed by atoms with Crippen molar-refractivity contribution < 1.29 is 14.8 Å². The first kappa shape index (κ1) is 15.0. The molecule has 1 heterocycles. The number of hydrogen-bond donors (Lipinski definition) is 1. The molecular weight excluding hydrogens is 274 g/mol. The normalized spacial score (nSPS) is 12.1. The lowest BCUT2D eigenvalue weighted by Gasteiger charge is -2.13. The van der Waals surface area contributed by atoms with Gasteiger partial charge in [0.2, 0.25) is 0 Å². The van der Waals surface area contributed by atoms with Crippen molar-refractivity contribution in [2.75, 3.05) is 0 Å². The van der Waals surface area contributed by atoms with Crippen LogP contribution in [0.4, 0.5) is 5.69 Å². The van der Waals surface area contributed by atoms with E-state index in [-0.39, 0.29) is 12.3 Å². The molecule has 0 fully saturated rings. The van der Waals surface area contributed by atoms with Gasteiger partial charge in [-0.05, 0) is 19.9 Å². The molecule has 0 aliphatic heterocycles. The largest absolute Gasteiger partial charge is 0.487 e. The van der Waals surface area contributed by atoms with Gasteiger partial charge in [-0.15, -0.1) is 0 Å². The van der Waals surface area contributed by atoms with Crippen LogP contribution in [0.3, 0.4) is 0 Å². The summed E-state index contributed by atoms with van der Waals surface area (Å²) >= 11 is 0. The molecule has 21 heavy (non-hydrogen) atoms. The first-order valence-electron chi connectivity index (χ1n) is 6.61. The predicted molar refractivity (Wildman–Crippen MR) is 76.0 cm³/mol. The molecule has 1 N–H and O–H groups in total. The SMILES string of the molecule is CCn1cncc1COc1ccc([N+](=O)[O-])cc1C(C)O. The van der Waals surface area contributed by atoms with E-state index < -0.39 is 11.0 Å². The van der Waals surface area contributed by atoms with Crippen LogP contribution in [-0.4, -0.2) is 19.6 Å². The summed E-state index contributed by atoms with van der Waals surface area (Å²) in [5, 5.41) is 20.5. The number of nitrogens with zero attached hydrogens (tertiary/aromatic N) is 3. The minimum absolute atomic E-state index is 0.0724. The van der Waals surface area contributed by atoms with Gasteiger partial charge in [-0.2, -0.15) is 0 Å². The Hall–Kier alpha value is -2.41. The summed E-state index contributed by atoms with van der Waals surface area (Å²) in [7, 11) is 0. The quantitative estimate of drug-likeness (QED) is 0.652. The second kappa shape index (κ2) is 6.36. The second-order valence-electron chi connectivity index (χ2n) is 4.61. The zero-order valence-corrected chi connectivity index (χ0v) is 11.9. The van der Waals surface area contributed by atoms with E-state index in [0.29, 0.717) is 11.3 Å². The molecule has 1 atom stereocenters. The highest BCUT2D eigenvalue weighted by Gasteiger charge is 2.15. The molecule has 7 heteroatoms. The molecule has 0 amide bonds. The van der Waals surface area contributed by atoms with E-state index >= 15 is 0 Å². The maximum atomic E-state index is 10.8. The number of aromatic nitrogens is 2. The molecule has 0 saturated carbocycles. The Kier molecular flexibility index (Phi) is 4.54. The van der Waals surface area contributed by atoms with Crippen molar-refractivity contribution in [2.24, 2.45) is 0 Å². The fraction of sp³-hybridized carbons (Fsp3) is 0.357. The fourth-order valence-corrected chi connectivity index (χ4v) is 2.01. The Morgan fingerprint density at radius 2 is 2.29 bits per heavy atom. The third-order valence-corrected chi connectivity index (χ3v) is 3.17. The number of aliphatic hydroxyl groups excluding tert-OH is 1. The summed E-state index contributed by atoms with van der Waals surface area (Å²) in [6.07, 6.45) is 2.57. The summed E-state index contributed by atoms with van der Waals surface area (Å²) in [5.74, 6) is 0.430. The zero-order valence-electron chi connectivity index (χ0n) is 11.9. The van der Waals surface area contributed by atoms with Crippen LogP contribution in [0.1, 0.15) is 31.2 Å². The van der Waals surface area contributed by atoms with Gasteiger partial charge in [0.15, 0.2) is 0 Å². The Morgan fingerprint density at radius 3 is 2.90 bits per heavy atom. The minimum atomic E-state index is -0.851. The number of rotatable bonds is 6. The molecule has 7 nitrogen and oxygen atoms in total. The lowest BCUT2D eigenvalue weighted by atomic mass is 10.1. The second-order valence-corrected chi connectivity index (χ2v) is 4.61. The standard InChI is InChI=1S/C14H17N3O4/c1-3-16-9-15-7-12(16)8-21-14-5-4-11(17(19)20)6-13(14)10(2)18/h4-7,9-10,18H,3,8H2,1-2H3. The highest BCUT2D eigenvalue weighted by atomic mass is 16.6. The Morgan fingerprint density at radius 1 is 1.52 bits per heavy atom. The molecular formula is C14H17N3O4. The highest BCUT2D eigenvalue weighted by Crippen LogP contribution is 2.29. The lowest BCUT2D eigenvalue weighted by molar-refractivity contribution is -0.385. The third kappa shape index (κ3) is 3.38. The maximum Gasteiger partial charge on any atom is 0.270 e. The van der Waals surface area contributed by atoms with E-state index in [0.717, 1.165) is 12.2 Å². The van der Waals surface area contributed by atoms with E-state index in [4.69, 9.17) is 4.74 Å². The van der Waals surface area contributed by atoms with Gasteiger partial charge in [0.25, 0.3) is 5.69 Å². The molecule has 2 aromatic rings. The van der Waals surface area contributed by atoms with Gasteiger partial charge in [0.1, 0.15) is 12.4 Å². The van der Waals surface area contributed by atoms with Gasteiger partial charge in [-0.3, -0.25) is 10.1 Å². The zero-order chi connectivity index (χ0) is 15.4. The molecule has 1 unspecified atom stereocenters. The van der Waals surface area contributed by atoms with Gasteiger partial charge >= 0.3 is 0 Å². The highest BCUT2D eigenvalue weighted by molar-refractivity contribution is 5.44. The van der Waals surface area contributed by atoms with Crippen LogP contribution in [0, 0.1) is 10.1 Å². The van der Waals surface area contributed by atoms with Crippen LogP contribution in [0.2, 0.25) is 0 Å². The van der Waals surface area contributed by atoms with Crippen molar-refractivity contribution >= 4 is 5.69 Å². The fourth-order valence-electron chi connectivity index (χ4n) is 2.01. The van der Waals surface area contributed by atoms with Crippen LogP contribution in [0.5, 0.6) is 5.75 Å². The molecule has 1 aromatic carbocycles. The first-order valence-corrected chi connectivity index (χ1v) is 6.61.